The Balaban J connectivity index is 2.19. The second-order valence-corrected chi connectivity index (χ2v) is 3.73. The number of benzene rings is 1. The van der Waals surface area contributed by atoms with Gasteiger partial charge < -0.3 is 9.84 Å². The van der Waals surface area contributed by atoms with Gasteiger partial charge in [0, 0.05) is 0 Å². The second-order valence-electron chi connectivity index (χ2n) is 3.73. The fourth-order valence-electron chi connectivity index (χ4n) is 1.76. The van der Waals surface area contributed by atoms with Gasteiger partial charge in [-0.15, -0.1) is 0 Å². The highest BCUT2D eigenvalue weighted by atomic mass is 16.5. The zero-order valence-corrected chi connectivity index (χ0v) is 8.23. The molecule has 1 saturated heterocycles. The summed E-state index contributed by atoms with van der Waals surface area (Å²) in [5.41, 5.74) is 0.644. The zero-order valence-electron chi connectivity index (χ0n) is 8.23. The highest BCUT2D eigenvalue weighted by molar-refractivity contribution is 5.22. The summed E-state index contributed by atoms with van der Waals surface area (Å²) < 4.78 is 5.66. The van der Waals surface area contributed by atoms with Crippen molar-refractivity contribution in [3.05, 3.63) is 35.9 Å². The summed E-state index contributed by atoms with van der Waals surface area (Å²) in [5.74, 6) is 0. The van der Waals surface area contributed by atoms with Crippen molar-refractivity contribution in [2.45, 2.75) is 18.7 Å². The van der Waals surface area contributed by atoms with Crippen LogP contribution >= 0.6 is 0 Å². The van der Waals surface area contributed by atoms with Gasteiger partial charge in [-0.05, 0) is 12.5 Å². The van der Waals surface area contributed by atoms with Crippen LogP contribution in [0.1, 0.15) is 12.5 Å². The molecule has 2 rings (SSSR count). The summed E-state index contributed by atoms with van der Waals surface area (Å²) in [5, 5.41) is 12.3. The van der Waals surface area contributed by atoms with Gasteiger partial charge in [0.15, 0.2) is 0 Å². The molecule has 0 aromatic heterocycles. The first-order chi connectivity index (χ1) is 6.74. The van der Waals surface area contributed by atoms with E-state index in [0.29, 0.717) is 6.61 Å². The van der Waals surface area contributed by atoms with E-state index in [-0.39, 0.29) is 12.6 Å². The Labute approximate surface area is 83.7 Å². The number of rotatable bonds is 2. The van der Waals surface area contributed by atoms with Crippen LogP contribution in [0.15, 0.2) is 30.3 Å². The van der Waals surface area contributed by atoms with Gasteiger partial charge in [-0.25, -0.2) is 0 Å². The molecule has 0 bridgehead atoms. The van der Waals surface area contributed by atoms with E-state index in [4.69, 9.17) is 9.84 Å². The normalized spacial score (nSPS) is 32.0. The molecule has 0 spiro atoms. The molecule has 1 heterocycles. The Morgan fingerprint density at radius 1 is 1.50 bits per heavy atom. The van der Waals surface area contributed by atoms with E-state index in [1.54, 1.807) is 0 Å². The fraction of sp³-hybridized carbons (Fsp3) is 0.455. The van der Waals surface area contributed by atoms with Crippen LogP contribution in [-0.4, -0.2) is 24.4 Å². The molecule has 2 unspecified atom stereocenters. The molecule has 1 aliphatic heterocycles. The first kappa shape index (κ1) is 9.65. The third-order valence-corrected chi connectivity index (χ3v) is 2.60. The molecule has 3 nitrogen and oxygen atoms in total. The Hall–Kier alpha value is -0.900. The number of aliphatic hydroxyl groups is 1. The maximum atomic E-state index is 9.00. The van der Waals surface area contributed by atoms with Gasteiger partial charge in [0.05, 0.1) is 19.3 Å². The molecule has 1 aromatic rings. The standard InChI is InChI=1S/C11H15NO2/c1-11(9-5-3-2-4-6-9)12-10(7-13)8-14-11/h2-6,10,12-13H,7-8H2,1H3. The second kappa shape index (κ2) is 3.69. The SMILES string of the molecule is CC1(c2ccccc2)NC(CO)CO1. The van der Waals surface area contributed by atoms with Crippen molar-refractivity contribution in [1.82, 2.24) is 5.32 Å². The van der Waals surface area contributed by atoms with Crippen LogP contribution in [-0.2, 0) is 10.5 Å². The van der Waals surface area contributed by atoms with E-state index in [0.717, 1.165) is 5.56 Å². The minimum atomic E-state index is -0.450. The summed E-state index contributed by atoms with van der Waals surface area (Å²) in [6.45, 7) is 2.66. The molecular formula is C11H15NO2. The van der Waals surface area contributed by atoms with Crippen molar-refractivity contribution in [3.8, 4) is 0 Å². The van der Waals surface area contributed by atoms with Crippen LogP contribution in [0.3, 0.4) is 0 Å². The molecule has 14 heavy (non-hydrogen) atoms. The van der Waals surface area contributed by atoms with E-state index < -0.39 is 5.72 Å². The van der Waals surface area contributed by atoms with Crippen molar-refractivity contribution >= 4 is 0 Å². The van der Waals surface area contributed by atoms with Gasteiger partial charge in [0.25, 0.3) is 0 Å². The average Bonchev–Trinajstić information content (AvgIpc) is 2.63. The summed E-state index contributed by atoms with van der Waals surface area (Å²) in [4.78, 5) is 0. The maximum absolute atomic E-state index is 9.00. The summed E-state index contributed by atoms with van der Waals surface area (Å²) in [7, 11) is 0. The van der Waals surface area contributed by atoms with Crippen LogP contribution in [0.2, 0.25) is 0 Å². The highest BCUT2D eigenvalue weighted by Gasteiger charge is 2.36. The number of hydrogen-bond acceptors (Lipinski definition) is 3. The topological polar surface area (TPSA) is 41.5 Å². The monoisotopic (exact) mass is 193 g/mol. The van der Waals surface area contributed by atoms with Crippen LogP contribution < -0.4 is 5.32 Å². The van der Waals surface area contributed by atoms with Crippen LogP contribution in [0.25, 0.3) is 0 Å². The largest absolute Gasteiger partial charge is 0.395 e. The first-order valence-corrected chi connectivity index (χ1v) is 4.82. The lowest BCUT2D eigenvalue weighted by Gasteiger charge is -2.24. The minimum absolute atomic E-state index is 0.0419. The van der Waals surface area contributed by atoms with Crippen molar-refractivity contribution in [3.63, 3.8) is 0 Å². The molecular weight excluding hydrogens is 178 g/mol. The van der Waals surface area contributed by atoms with Crippen LogP contribution in [0.5, 0.6) is 0 Å². The van der Waals surface area contributed by atoms with E-state index in [2.05, 4.69) is 5.32 Å². The van der Waals surface area contributed by atoms with Crippen LogP contribution in [0, 0.1) is 0 Å². The lowest BCUT2D eigenvalue weighted by molar-refractivity contribution is 0.00229. The predicted molar refractivity (Wildman–Crippen MR) is 53.8 cm³/mol. The van der Waals surface area contributed by atoms with E-state index in [9.17, 15) is 0 Å². The van der Waals surface area contributed by atoms with Gasteiger partial charge in [-0.3, -0.25) is 5.32 Å². The quantitative estimate of drug-likeness (QED) is 0.731. The molecule has 1 aromatic carbocycles. The smallest absolute Gasteiger partial charge is 0.142 e. The molecule has 1 fully saturated rings. The Morgan fingerprint density at radius 3 is 2.79 bits per heavy atom. The Kier molecular flexibility index (Phi) is 2.54. The van der Waals surface area contributed by atoms with Crippen LogP contribution in [0.4, 0.5) is 0 Å². The molecule has 3 heteroatoms. The molecule has 2 atom stereocenters. The van der Waals surface area contributed by atoms with Crippen molar-refractivity contribution in [1.29, 1.82) is 0 Å². The lowest BCUT2D eigenvalue weighted by Crippen LogP contribution is -2.40. The van der Waals surface area contributed by atoms with Gasteiger partial charge in [0.1, 0.15) is 5.72 Å². The predicted octanol–water partition coefficient (Wildman–Crippen LogP) is 0.840. The average molecular weight is 193 g/mol. The fourth-order valence-corrected chi connectivity index (χ4v) is 1.76. The molecule has 0 aliphatic carbocycles. The van der Waals surface area contributed by atoms with Crippen molar-refractivity contribution in [2.75, 3.05) is 13.2 Å². The van der Waals surface area contributed by atoms with Gasteiger partial charge in [-0.2, -0.15) is 0 Å². The Bertz CT molecular complexity index is 301. The highest BCUT2D eigenvalue weighted by Crippen LogP contribution is 2.27. The number of hydrogen-bond donors (Lipinski definition) is 2. The van der Waals surface area contributed by atoms with E-state index in [1.807, 2.05) is 37.3 Å². The zero-order chi connectivity index (χ0) is 10.0. The molecule has 0 radical (unpaired) electrons. The van der Waals surface area contributed by atoms with Crippen molar-refractivity contribution in [2.24, 2.45) is 0 Å². The number of nitrogens with one attached hydrogen (secondary N) is 1. The maximum Gasteiger partial charge on any atom is 0.142 e. The third-order valence-electron chi connectivity index (χ3n) is 2.60. The molecule has 0 amide bonds. The molecule has 1 aliphatic rings. The summed E-state index contributed by atoms with van der Waals surface area (Å²) >= 11 is 0. The summed E-state index contributed by atoms with van der Waals surface area (Å²) in [6, 6.07) is 10.0. The van der Waals surface area contributed by atoms with E-state index in [1.165, 1.54) is 0 Å². The molecule has 2 N–H and O–H groups in total. The number of aliphatic hydroxyl groups excluding tert-OH is 1. The lowest BCUT2D eigenvalue weighted by atomic mass is 10.1. The summed E-state index contributed by atoms with van der Waals surface area (Å²) in [6.07, 6.45) is 0. The number of ether oxygens (including phenoxy) is 1. The van der Waals surface area contributed by atoms with Gasteiger partial charge in [-0.1, -0.05) is 30.3 Å². The van der Waals surface area contributed by atoms with Gasteiger partial charge in [0.2, 0.25) is 0 Å². The van der Waals surface area contributed by atoms with E-state index >= 15 is 0 Å². The first-order valence-electron chi connectivity index (χ1n) is 4.82. The minimum Gasteiger partial charge on any atom is -0.395 e. The van der Waals surface area contributed by atoms with Crippen molar-refractivity contribution < 1.29 is 9.84 Å². The molecule has 0 saturated carbocycles. The van der Waals surface area contributed by atoms with Gasteiger partial charge >= 0.3 is 0 Å². The molecule has 76 valence electrons. The third kappa shape index (κ3) is 1.66. The Morgan fingerprint density at radius 2 is 2.21 bits per heavy atom.